The van der Waals surface area contributed by atoms with Crippen LogP contribution in [0.1, 0.15) is 42.9 Å². The molecule has 6 nitrogen and oxygen atoms in total. The predicted octanol–water partition coefficient (Wildman–Crippen LogP) is 3.81. The number of likely N-dealkylation sites (tertiary alicyclic amines) is 1. The lowest BCUT2D eigenvalue weighted by Crippen LogP contribution is -2.51. The number of nitrogens with one attached hydrogen (secondary N) is 1. The largest absolute Gasteiger partial charge is 0.416 e. The number of piperidine rings is 1. The maximum atomic E-state index is 13.4. The van der Waals surface area contributed by atoms with Crippen LogP contribution in [-0.2, 0) is 21.0 Å². The summed E-state index contributed by atoms with van der Waals surface area (Å²) in [6.07, 6.45) is -2.37. The maximum absolute atomic E-state index is 13.4. The van der Waals surface area contributed by atoms with Gasteiger partial charge in [-0.05, 0) is 56.5 Å². The van der Waals surface area contributed by atoms with E-state index in [0.717, 1.165) is 17.7 Å². The van der Waals surface area contributed by atoms with E-state index in [0.29, 0.717) is 44.8 Å². The molecule has 0 bridgehead atoms. The summed E-state index contributed by atoms with van der Waals surface area (Å²) in [6, 6.07) is 12.2. The summed E-state index contributed by atoms with van der Waals surface area (Å²) in [7, 11) is -2.38. The second-order valence-electron chi connectivity index (χ2n) is 8.78. The fourth-order valence-electron chi connectivity index (χ4n) is 4.58. The summed E-state index contributed by atoms with van der Waals surface area (Å²) in [5, 5.41) is 3.05. The van der Waals surface area contributed by atoms with Crippen LogP contribution in [0.5, 0.6) is 0 Å². The summed E-state index contributed by atoms with van der Waals surface area (Å²) < 4.78 is 67.7. The van der Waals surface area contributed by atoms with Gasteiger partial charge in [0.05, 0.1) is 10.5 Å². The van der Waals surface area contributed by atoms with Crippen LogP contribution in [0.25, 0.3) is 0 Å². The highest BCUT2D eigenvalue weighted by atomic mass is 32.2. The molecule has 0 radical (unpaired) electrons. The summed E-state index contributed by atoms with van der Waals surface area (Å²) >= 11 is 0. The van der Waals surface area contributed by atoms with Crippen molar-refractivity contribution in [3.05, 3.63) is 65.7 Å². The second-order valence-corrected chi connectivity index (χ2v) is 10.6. The lowest BCUT2D eigenvalue weighted by molar-refractivity contribution is -0.137. The van der Waals surface area contributed by atoms with E-state index in [1.165, 1.54) is 10.4 Å². The van der Waals surface area contributed by atoms with Crippen LogP contribution in [0, 0.1) is 0 Å². The molecule has 184 valence electrons. The summed E-state index contributed by atoms with van der Waals surface area (Å²) in [5.74, 6) is -0.0779. The van der Waals surface area contributed by atoms with Crippen LogP contribution in [-0.4, -0.2) is 55.8 Å². The van der Waals surface area contributed by atoms with E-state index < -0.39 is 27.8 Å². The zero-order valence-electron chi connectivity index (χ0n) is 18.8. The van der Waals surface area contributed by atoms with Crippen LogP contribution in [0.15, 0.2) is 59.5 Å². The molecule has 1 saturated heterocycles. The van der Waals surface area contributed by atoms with Gasteiger partial charge in [-0.25, -0.2) is 8.42 Å². The third-order valence-electron chi connectivity index (χ3n) is 6.45. The third-order valence-corrected chi connectivity index (χ3v) is 8.45. The molecule has 2 fully saturated rings. The number of nitrogens with zero attached hydrogens (tertiary/aromatic N) is 2. The van der Waals surface area contributed by atoms with Gasteiger partial charge in [0.1, 0.15) is 6.04 Å². The molecule has 1 saturated carbocycles. The minimum Gasteiger partial charge on any atom is -0.341 e. The number of amides is 1. The van der Waals surface area contributed by atoms with E-state index >= 15 is 0 Å². The van der Waals surface area contributed by atoms with Crippen molar-refractivity contribution in [2.75, 3.05) is 20.1 Å². The number of sulfonamides is 1. The van der Waals surface area contributed by atoms with E-state index in [1.807, 2.05) is 30.3 Å². The molecule has 10 heteroatoms. The van der Waals surface area contributed by atoms with Crippen molar-refractivity contribution < 1.29 is 26.4 Å². The Bertz CT molecular complexity index is 1110. The molecule has 0 spiro atoms. The van der Waals surface area contributed by atoms with Crippen LogP contribution in [0.3, 0.4) is 0 Å². The first-order valence-corrected chi connectivity index (χ1v) is 12.8. The number of hydrogen-bond donors (Lipinski definition) is 1. The number of rotatable bonds is 7. The average molecular weight is 496 g/mol. The van der Waals surface area contributed by atoms with Gasteiger partial charge in [0.2, 0.25) is 15.9 Å². The number of carbonyl (C=O) groups is 1. The zero-order valence-corrected chi connectivity index (χ0v) is 19.6. The molecular weight excluding hydrogens is 467 g/mol. The Balaban J connectivity index is 1.50. The maximum Gasteiger partial charge on any atom is 0.416 e. The average Bonchev–Trinajstić information content (AvgIpc) is 3.65. The molecule has 2 aliphatic rings. The normalized spacial score (nSPS) is 18.8. The van der Waals surface area contributed by atoms with E-state index in [1.54, 1.807) is 11.9 Å². The van der Waals surface area contributed by atoms with Crippen LogP contribution < -0.4 is 5.32 Å². The summed E-state index contributed by atoms with van der Waals surface area (Å²) in [5.41, 5.74) is -0.132. The molecule has 1 heterocycles. The van der Waals surface area contributed by atoms with E-state index in [9.17, 15) is 26.4 Å². The fraction of sp³-hybridized carbons (Fsp3) is 0.458. The van der Waals surface area contributed by atoms with Crippen molar-refractivity contribution in [1.29, 1.82) is 0 Å². The van der Waals surface area contributed by atoms with Gasteiger partial charge in [0.25, 0.3) is 0 Å². The SMILES string of the molecule is CNC(C(=O)N1CCC(N(C2CC2)S(=O)(=O)c2cccc(C(F)(F)F)c2)CC1)c1ccccc1. The minimum absolute atomic E-state index is 0.0779. The monoisotopic (exact) mass is 495 g/mol. The van der Waals surface area contributed by atoms with Gasteiger partial charge < -0.3 is 10.2 Å². The van der Waals surface area contributed by atoms with Gasteiger partial charge in [-0.15, -0.1) is 0 Å². The molecule has 1 atom stereocenters. The van der Waals surface area contributed by atoms with Gasteiger partial charge in [0.15, 0.2) is 0 Å². The Kier molecular flexibility index (Phi) is 7.02. The van der Waals surface area contributed by atoms with E-state index in [4.69, 9.17) is 0 Å². The molecule has 1 aliphatic carbocycles. The molecule has 1 amide bonds. The Labute approximate surface area is 197 Å². The van der Waals surface area contributed by atoms with Crippen LogP contribution in [0.2, 0.25) is 0 Å². The number of halogens is 3. The first kappa shape index (κ1) is 24.7. The van der Waals surface area contributed by atoms with Crippen molar-refractivity contribution in [2.45, 2.75) is 54.9 Å². The molecular formula is C24H28F3N3O3S. The lowest BCUT2D eigenvalue weighted by Gasteiger charge is -2.39. The number of carbonyl (C=O) groups excluding carboxylic acids is 1. The molecule has 1 unspecified atom stereocenters. The highest BCUT2D eigenvalue weighted by Crippen LogP contribution is 2.38. The topological polar surface area (TPSA) is 69.7 Å². The fourth-order valence-corrected chi connectivity index (χ4v) is 6.55. The second kappa shape index (κ2) is 9.67. The molecule has 4 rings (SSSR count). The Hall–Kier alpha value is -2.43. The quantitative estimate of drug-likeness (QED) is 0.634. The first-order valence-electron chi connectivity index (χ1n) is 11.3. The van der Waals surface area contributed by atoms with Crippen molar-refractivity contribution in [1.82, 2.24) is 14.5 Å². The number of likely N-dealkylation sites (N-methyl/N-ethyl adjacent to an activating group) is 1. The molecule has 1 N–H and O–H groups in total. The summed E-state index contributed by atoms with van der Waals surface area (Å²) in [4.78, 5) is 14.5. The molecule has 34 heavy (non-hydrogen) atoms. The first-order chi connectivity index (χ1) is 16.1. The van der Waals surface area contributed by atoms with Crippen LogP contribution in [0.4, 0.5) is 13.2 Å². The van der Waals surface area contributed by atoms with Gasteiger partial charge in [-0.2, -0.15) is 17.5 Å². The van der Waals surface area contributed by atoms with Gasteiger partial charge in [-0.3, -0.25) is 4.79 Å². The third kappa shape index (κ3) is 5.13. The number of benzene rings is 2. The molecule has 0 aromatic heterocycles. The minimum atomic E-state index is -4.62. The Morgan fingerprint density at radius 2 is 1.62 bits per heavy atom. The van der Waals surface area contributed by atoms with Gasteiger partial charge in [0, 0.05) is 25.2 Å². The van der Waals surface area contributed by atoms with Crippen molar-refractivity contribution in [3.63, 3.8) is 0 Å². The lowest BCUT2D eigenvalue weighted by atomic mass is 10.0. The Morgan fingerprint density at radius 3 is 2.18 bits per heavy atom. The van der Waals surface area contributed by atoms with E-state index in [-0.39, 0.29) is 22.9 Å². The summed E-state index contributed by atoms with van der Waals surface area (Å²) in [6.45, 7) is 0.770. The van der Waals surface area contributed by atoms with Crippen molar-refractivity contribution in [2.24, 2.45) is 0 Å². The van der Waals surface area contributed by atoms with Crippen molar-refractivity contribution in [3.8, 4) is 0 Å². The van der Waals surface area contributed by atoms with Gasteiger partial charge >= 0.3 is 6.18 Å². The smallest absolute Gasteiger partial charge is 0.341 e. The highest BCUT2D eigenvalue weighted by molar-refractivity contribution is 7.89. The molecule has 2 aromatic rings. The van der Waals surface area contributed by atoms with Gasteiger partial charge in [-0.1, -0.05) is 36.4 Å². The highest BCUT2D eigenvalue weighted by Gasteiger charge is 2.44. The zero-order chi connectivity index (χ0) is 24.5. The van der Waals surface area contributed by atoms with Crippen molar-refractivity contribution >= 4 is 15.9 Å². The molecule has 1 aliphatic heterocycles. The number of alkyl halides is 3. The molecule has 2 aromatic carbocycles. The number of hydrogen-bond acceptors (Lipinski definition) is 4. The predicted molar refractivity (Wildman–Crippen MR) is 121 cm³/mol. The standard InChI is InChI=1S/C24H28F3N3O3S/c1-28-22(17-6-3-2-4-7-17)23(31)29-14-12-20(13-15-29)30(19-10-11-19)34(32,33)21-9-5-8-18(16-21)24(25,26)27/h2-9,16,19-20,22,28H,10-15H2,1H3. The Morgan fingerprint density at radius 1 is 1.00 bits per heavy atom. The van der Waals surface area contributed by atoms with Crippen LogP contribution >= 0.6 is 0 Å². The van der Waals surface area contributed by atoms with E-state index in [2.05, 4.69) is 5.32 Å².